The number of benzene rings is 2. The first-order valence-electron chi connectivity index (χ1n) is 10.6. The van der Waals surface area contributed by atoms with Crippen molar-refractivity contribution in [2.24, 2.45) is 0 Å². The van der Waals surface area contributed by atoms with Crippen LogP contribution >= 0.6 is 15.9 Å². The highest BCUT2D eigenvalue weighted by molar-refractivity contribution is 9.10. The first-order chi connectivity index (χ1) is 12.7. The molecule has 136 valence electrons. The molecule has 2 fully saturated rings. The molecule has 0 N–H and O–H groups in total. The highest BCUT2D eigenvalue weighted by Gasteiger charge is 2.60. The number of fused-ring (bicyclic) bond motifs is 3. The molecule has 0 bridgehead atoms. The van der Waals surface area contributed by atoms with Gasteiger partial charge in [-0.2, -0.15) is 0 Å². The Morgan fingerprint density at radius 1 is 0.808 bits per heavy atom. The van der Waals surface area contributed by atoms with Crippen LogP contribution in [-0.2, 0) is 17.3 Å². The van der Waals surface area contributed by atoms with Crippen molar-refractivity contribution in [3.63, 3.8) is 0 Å². The Bertz CT molecular complexity index is 851. The van der Waals surface area contributed by atoms with Gasteiger partial charge in [0.1, 0.15) is 0 Å². The fourth-order valence-corrected chi connectivity index (χ4v) is 7.07. The summed E-state index contributed by atoms with van der Waals surface area (Å²) in [5, 5.41) is 0. The van der Waals surface area contributed by atoms with Gasteiger partial charge >= 0.3 is 0 Å². The van der Waals surface area contributed by atoms with Gasteiger partial charge in [-0.05, 0) is 78.5 Å². The molecule has 0 aromatic heterocycles. The maximum atomic E-state index is 3.78. The summed E-state index contributed by atoms with van der Waals surface area (Å²) < 4.78 is 1.25. The molecule has 0 unspecified atom stereocenters. The molecule has 1 heteroatoms. The third-order valence-electron chi connectivity index (χ3n) is 7.79. The standard InChI is InChI=1S/C25H29Br/c1-2-3-7-18-8-10-20-21-11-9-19(26)17-23(21)25-13-5-4-12-24(25,14-6-15-25)22(20)16-18/h8-11,16-17H,2-7,12-15H2,1H3/t24-,25+/m0/s1. The number of hydrogen-bond donors (Lipinski definition) is 0. The third kappa shape index (κ3) is 2.19. The highest BCUT2D eigenvalue weighted by atomic mass is 79.9. The Morgan fingerprint density at radius 2 is 1.42 bits per heavy atom. The second-order valence-corrected chi connectivity index (χ2v) is 9.81. The number of rotatable bonds is 3. The second-order valence-electron chi connectivity index (χ2n) is 8.90. The van der Waals surface area contributed by atoms with E-state index in [2.05, 4.69) is 59.3 Å². The molecule has 0 spiro atoms. The van der Waals surface area contributed by atoms with E-state index < -0.39 is 0 Å². The van der Waals surface area contributed by atoms with Crippen molar-refractivity contribution in [2.45, 2.75) is 82.0 Å². The van der Waals surface area contributed by atoms with Crippen LogP contribution in [0.5, 0.6) is 0 Å². The molecule has 2 atom stereocenters. The summed E-state index contributed by atoms with van der Waals surface area (Å²) in [6, 6.07) is 14.6. The zero-order chi connectivity index (χ0) is 17.8. The Balaban J connectivity index is 1.78. The normalized spacial score (nSPS) is 28.8. The summed E-state index contributed by atoms with van der Waals surface area (Å²) >= 11 is 3.78. The molecule has 3 aliphatic rings. The lowest BCUT2D eigenvalue weighted by Gasteiger charge is -2.55. The molecule has 2 aromatic carbocycles. The summed E-state index contributed by atoms with van der Waals surface area (Å²) in [4.78, 5) is 0. The molecule has 5 rings (SSSR count). The summed E-state index contributed by atoms with van der Waals surface area (Å²) in [6.45, 7) is 2.30. The van der Waals surface area contributed by atoms with E-state index in [1.807, 2.05) is 0 Å². The number of halogens is 1. The minimum absolute atomic E-state index is 0.390. The van der Waals surface area contributed by atoms with Crippen molar-refractivity contribution in [3.05, 3.63) is 57.6 Å². The lowest BCUT2D eigenvalue weighted by molar-refractivity contribution is 0.168. The SMILES string of the molecule is CCCCc1ccc2c(c1)[C@@]13CCCC[C@@]1(CCC3)c1cc(Br)ccc1-2. The van der Waals surface area contributed by atoms with E-state index in [0.29, 0.717) is 10.8 Å². The summed E-state index contributed by atoms with van der Waals surface area (Å²) in [7, 11) is 0. The van der Waals surface area contributed by atoms with Crippen LogP contribution in [0.15, 0.2) is 40.9 Å². The van der Waals surface area contributed by atoms with E-state index in [4.69, 9.17) is 0 Å². The Labute approximate surface area is 166 Å². The molecule has 2 aromatic rings. The molecule has 0 amide bonds. The van der Waals surface area contributed by atoms with Crippen molar-refractivity contribution in [1.82, 2.24) is 0 Å². The van der Waals surface area contributed by atoms with Crippen molar-refractivity contribution >= 4 is 15.9 Å². The van der Waals surface area contributed by atoms with Crippen molar-refractivity contribution in [1.29, 1.82) is 0 Å². The minimum Gasteiger partial charge on any atom is -0.0654 e. The molecule has 0 saturated heterocycles. The van der Waals surface area contributed by atoms with E-state index >= 15 is 0 Å². The monoisotopic (exact) mass is 408 g/mol. The first kappa shape index (κ1) is 17.0. The number of unbranched alkanes of at least 4 members (excludes halogenated alkanes) is 1. The summed E-state index contributed by atoms with van der Waals surface area (Å²) in [5.41, 5.74) is 8.76. The summed E-state index contributed by atoms with van der Waals surface area (Å²) in [5.74, 6) is 0. The molecule has 26 heavy (non-hydrogen) atoms. The van der Waals surface area contributed by atoms with E-state index in [1.54, 1.807) is 16.7 Å². The molecular formula is C25H29Br. The Morgan fingerprint density at radius 3 is 2.12 bits per heavy atom. The fourth-order valence-electron chi connectivity index (χ4n) is 6.71. The summed E-state index contributed by atoms with van der Waals surface area (Å²) in [6.07, 6.45) is 13.6. The van der Waals surface area contributed by atoms with Crippen LogP contribution in [0.25, 0.3) is 11.1 Å². The molecular weight excluding hydrogens is 380 g/mol. The van der Waals surface area contributed by atoms with Gasteiger partial charge in [-0.1, -0.05) is 72.8 Å². The van der Waals surface area contributed by atoms with E-state index in [0.717, 1.165) is 0 Å². The number of aryl methyl sites for hydroxylation is 1. The quantitative estimate of drug-likeness (QED) is 0.487. The van der Waals surface area contributed by atoms with Crippen LogP contribution in [0.1, 0.15) is 81.4 Å². The molecule has 0 heterocycles. The van der Waals surface area contributed by atoms with Crippen LogP contribution in [0, 0.1) is 0 Å². The third-order valence-corrected chi connectivity index (χ3v) is 8.28. The van der Waals surface area contributed by atoms with Crippen LogP contribution in [0.3, 0.4) is 0 Å². The first-order valence-corrected chi connectivity index (χ1v) is 11.4. The largest absolute Gasteiger partial charge is 0.0654 e. The van der Waals surface area contributed by atoms with E-state index in [9.17, 15) is 0 Å². The highest BCUT2D eigenvalue weighted by Crippen LogP contribution is 2.67. The maximum absolute atomic E-state index is 3.78. The zero-order valence-corrected chi connectivity index (χ0v) is 17.5. The smallest absolute Gasteiger partial charge is 0.0178 e. The van der Waals surface area contributed by atoms with Crippen molar-refractivity contribution in [2.75, 3.05) is 0 Å². The van der Waals surface area contributed by atoms with Gasteiger partial charge in [0.25, 0.3) is 0 Å². The Hall–Kier alpha value is -1.08. The van der Waals surface area contributed by atoms with Gasteiger partial charge < -0.3 is 0 Å². The second kappa shape index (κ2) is 6.23. The van der Waals surface area contributed by atoms with Crippen molar-refractivity contribution < 1.29 is 0 Å². The van der Waals surface area contributed by atoms with E-state index in [1.165, 1.54) is 79.8 Å². The average molecular weight is 409 g/mol. The van der Waals surface area contributed by atoms with Crippen LogP contribution < -0.4 is 0 Å². The lowest BCUT2D eigenvalue weighted by atomic mass is 9.48. The predicted molar refractivity (Wildman–Crippen MR) is 114 cm³/mol. The van der Waals surface area contributed by atoms with Gasteiger partial charge in [0, 0.05) is 15.3 Å². The van der Waals surface area contributed by atoms with E-state index in [-0.39, 0.29) is 0 Å². The minimum atomic E-state index is 0.390. The van der Waals surface area contributed by atoms with Gasteiger partial charge in [-0.15, -0.1) is 0 Å². The fraction of sp³-hybridized carbons (Fsp3) is 0.520. The lowest BCUT2D eigenvalue weighted by Crippen LogP contribution is -2.50. The van der Waals surface area contributed by atoms with Gasteiger partial charge in [0.2, 0.25) is 0 Å². The van der Waals surface area contributed by atoms with Gasteiger partial charge in [0.05, 0.1) is 0 Å². The Kier molecular flexibility index (Phi) is 4.08. The van der Waals surface area contributed by atoms with Gasteiger partial charge in [-0.3, -0.25) is 0 Å². The number of hydrogen-bond acceptors (Lipinski definition) is 0. The van der Waals surface area contributed by atoms with Crippen LogP contribution in [-0.4, -0.2) is 0 Å². The van der Waals surface area contributed by atoms with Crippen LogP contribution in [0.4, 0.5) is 0 Å². The molecule has 0 aliphatic heterocycles. The predicted octanol–water partition coefficient (Wildman–Crippen LogP) is 7.71. The zero-order valence-electron chi connectivity index (χ0n) is 15.9. The molecule has 0 radical (unpaired) electrons. The molecule has 3 aliphatic carbocycles. The molecule has 2 saturated carbocycles. The average Bonchev–Trinajstić information content (AvgIpc) is 3.08. The van der Waals surface area contributed by atoms with Gasteiger partial charge in [-0.25, -0.2) is 0 Å². The van der Waals surface area contributed by atoms with Crippen LogP contribution in [0.2, 0.25) is 0 Å². The van der Waals surface area contributed by atoms with Gasteiger partial charge in [0.15, 0.2) is 0 Å². The molecule has 0 nitrogen and oxygen atoms in total. The maximum Gasteiger partial charge on any atom is 0.0178 e. The topological polar surface area (TPSA) is 0 Å². The van der Waals surface area contributed by atoms with Crippen molar-refractivity contribution in [3.8, 4) is 11.1 Å².